The Morgan fingerprint density at radius 3 is 2.28 bits per heavy atom. The monoisotopic (exact) mass is 544 g/mol. The van der Waals surface area contributed by atoms with E-state index in [9.17, 15) is 18.0 Å². The molecule has 1 saturated carbocycles. The highest BCUT2D eigenvalue weighted by Crippen LogP contribution is 2.31. The molecule has 1 aliphatic rings. The second kappa shape index (κ2) is 13.1. The predicted octanol–water partition coefficient (Wildman–Crippen LogP) is 6.62. The van der Waals surface area contributed by atoms with Crippen LogP contribution in [0.4, 0.5) is 13.2 Å². The van der Waals surface area contributed by atoms with Gasteiger partial charge in [-0.15, -0.1) is 0 Å². The van der Waals surface area contributed by atoms with E-state index in [0.717, 1.165) is 48.9 Å². The SMILES string of the molecule is COc1ccc(CCNC(=O)c2ccc(CN(Cc3ccc(C(F)(F)F)cc3)C3CCCCC3)o2)cc1OC. The molecule has 210 valence electrons. The average Bonchev–Trinajstić information content (AvgIpc) is 3.41. The van der Waals surface area contributed by atoms with Crippen LogP contribution in [0.15, 0.2) is 59.0 Å². The van der Waals surface area contributed by atoms with E-state index in [1.807, 2.05) is 18.2 Å². The zero-order valence-electron chi connectivity index (χ0n) is 22.4. The number of alkyl halides is 3. The number of benzene rings is 2. The fourth-order valence-corrected chi connectivity index (χ4v) is 5.02. The molecule has 39 heavy (non-hydrogen) atoms. The topological polar surface area (TPSA) is 63.9 Å². The maximum Gasteiger partial charge on any atom is 0.416 e. The van der Waals surface area contributed by atoms with Gasteiger partial charge in [0, 0.05) is 19.1 Å². The molecule has 0 aliphatic heterocycles. The van der Waals surface area contributed by atoms with Gasteiger partial charge in [0.2, 0.25) is 0 Å². The molecule has 0 spiro atoms. The van der Waals surface area contributed by atoms with Crippen LogP contribution in [0.25, 0.3) is 0 Å². The molecular weight excluding hydrogens is 509 g/mol. The number of carbonyl (C=O) groups excluding carboxylic acids is 1. The summed E-state index contributed by atoms with van der Waals surface area (Å²) in [6, 6.07) is 14.8. The molecule has 0 unspecified atom stereocenters. The molecule has 0 radical (unpaired) electrons. The van der Waals surface area contributed by atoms with Crippen LogP contribution in [0.2, 0.25) is 0 Å². The number of methoxy groups -OCH3 is 2. The highest BCUT2D eigenvalue weighted by Gasteiger charge is 2.30. The highest BCUT2D eigenvalue weighted by atomic mass is 19.4. The van der Waals surface area contributed by atoms with Crippen molar-refractivity contribution in [2.45, 2.75) is 63.8 Å². The minimum atomic E-state index is -4.35. The third kappa shape index (κ3) is 7.79. The Bertz CT molecular complexity index is 1220. The zero-order chi connectivity index (χ0) is 27.8. The lowest BCUT2D eigenvalue weighted by atomic mass is 9.93. The second-order valence-corrected chi connectivity index (χ2v) is 9.85. The molecule has 1 fully saturated rings. The third-order valence-electron chi connectivity index (χ3n) is 7.15. The smallest absolute Gasteiger partial charge is 0.416 e. The highest BCUT2D eigenvalue weighted by molar-refractivity contribution is 5.91. The first-order chi connectivity index (χ1) is 18.8. The summed E-state index contributed by atoms with van der Waals surface area (Å²) in [4.78, 5) is 15.0. The first-order valence-corrected chi connectivity index (χ1v) is 13.2. The van der Waals surface area contributed by atoms with Crippen LogP contribution in [-0.4, -0.2) is 37.6 Å². The fraction of sp³-hybridized carbons (Fsp3) is 0.433. The summed E-state index contributed by atoms with van der Waals surface area (Å²) in [5.74, 6) is 1.87. The van der Waals surface area contributed by atoms with Crippen molar-refractivity contribution in [3.05, 3.63) is 82.8 Å². The van der Waals surface area contributed by atoms with Gasteiger partial charge in [-0.1, -0.05) is 37.5 Å². The van der Waals surface area contributed by atoms with Gasteiger partial charge >= 0.3 is 6.18 Å². The van der Waals surface area contributed by atoms with E-state index in [1.54, 1.807) is 26.4 Å². The number of furan rings is 1. The quantitative estimate of drug-likeness (QED) is 0.294. The minimum Gasteiger partial charge on any atom is -0.493 e. The number of ether oxygens (including phenoxy) is 2. The van der Waals surface area contributed by atoms with Crippen LogP contribution in [-0.2, 0) is 25.7 Å². The lowest BCUT2D eigenvalue weighted by Crippen LogP contribution is -2.35. The minimum absolute atomic E-state index is 0.232. The van der Waals surface area contributed by atoms with E-state index in [4.69, 9.17) is 13.9 Å². The zero-order valence-corrected chi connectivity index (χ0v) is 22.4. The summed E-state index contributed by atoms with van der Waals surface area (Å²) in [5, 5.41) is 2.89. The van der Waals surface area contributed by atoms with Crippen LogP contribution in [0, 0.1) is 0 Å². The van der Waals surface area contributed by atoms with Crippen molar-refractivity contribution in [1.82, 2.24) is 10.2 Å². The van der Waals surface area contributed by atoms with Gasteiger partial charge in [0.15, 0.2) is 17.3 Å². The Morgan fingerprint density at radius 1 is 0.923 bits per heavy atom. The summed E-state index contributed by atoms with van der Waals surface area (Å²) in [6.07, 6.45) is 1.77. The summed E-state index contributed by atoms with van der Waals surface area (Å²) in [5.41, 5.74) is 1.16. The third-order valence-corrected chi connectivity index (χ3v) is 7.15. The van der Waals surface area contributed by atoms with Gasteiger partial charge in [0.25, 0.3) is 5.91 Å². The number of carbonyl (C=O) groups is 1. The lowest BCUT2D eigenvalue weighted by molar-refractivity contribution is -0.137. The number of nitrogens with zero attached hydrogens (tertiary/aromatic N) is 1. The Hall–Kier alpha value is -3.46. The number of halogens is 3. The Kier molecular flexibility index (Phi) is 9.56. The average molecular weight is 545 g/mol. The molecule has 2 aromatic carbocycles. The van der Waals surface area contributed by atoms with E-state index in [0.29, 0.717) is 49.4 Å². The van der Waals surface area contributed by atoms with Crippen molar-refractivity contribution in [3.63, 3.8) is 0 Å². The first-order valence-electron chi connectivity index (χ1n) is 13.2. The van der Waals surface area contributed by atoms with Crippen LogP contribution in [0.3, 0.4) is 0 Å². The molecule has 6 nitrogen and oxygen atoms in total. The molecule has 9 heteroatoms. The molecule has 0 saturated heterocycles. The van der Waals surface area contributed by atoms with Gasteiger partial charge < -0.3 is 19.2 Å². The van der Waals surface area contributed by atoms with Gasteiger partial charge in [-0.2, -0.15) is 13.2 Å². The molecule has 3 aromatic rings. The molecule has 1 N–H and O–H groups in total. The van der Waals surface area contributed by atoms with Gasteiger partial charge in [-0.05, 0) is 66.8 Å². The number of hydrogen-bond donors (Lipinski definition) is 1. The van der Waals surface area contributed by atoms with Crippen molar-refractivity contribution in [2.24, 2.45) is 0 Å². The lowest BCUT2D eigenvalue weighted by Gasteiger charge is -2.34. The number of nitrogens with one attached hydrogen (secondary N) is 1. The molecule has 0 atom stereocenters. The van der Waals surface area contributed by atoms with Crippen LogP contribution < -0.4 is 14.8 Å². The van der Waals surface area contributed by atoms with E-state index in [-0.39, 0.29) is 11.7 Å². The van der Waals surface area contributed by atoms with Crippen LogP contribution >= 0.6 is 0 Å². The second-order valence-electron chi connectivity index (χ2n) is 9.85. The standard InChI is InChI=1S/C30H35F3N2O4/c1-37-26-14-10-21(18-28(26)38-2)16-17-34-29(36)27-15-13-25(39-27)20-35(24-6-4-3-5-7-24)19-22-8-11-23(12-9-22)30(31,32)33/h8-15,18,24H,3-7,16-17,19-20H2,1-2H3,(H,34,36). The number of rotatable bonds is 11. The van der Waals surface area contributed by atoms with E-state index >= 15 is 0 Å². The predicted molar refractivity (Wildman–Crippen MR) is 142 cm³/mol. The van der Waals surface area contributed by atoms with Gasteiger partial charge in [-0.3, -0.25) is 9.69 Å². The van der Waals surface area contributed by atoms with Crippen molar-refractivity contribution in [3.8, 4) is 11.5 Å². The number of amides is 1. The Balaban J connectivity index is 1.36. The largest absolute Gasteiger partial charge is 0.493 e. The Morgan fingerprint density at radius 2 is 1.62 bits per heavy atom. The summed E-state index contributed by atoms with van der Waals surface area (Å²) >= 11 is 0. The molecule has 1 heterocycles. The van der Waals surface area contributed by atoms with E-state index in [1.165, 1.54) is 18.6 Å². The maximum atomic E-state index is 13.0. The van der Waals surface area contributed by atoms with Crippen molar-refractivity contribution in [1.29, 1.82) is 0 Å². The molecule has 1 amide bonds. The van der Waals surface area contributed by atoms with Gasteiger partial charge in [0.05, 0.1) is 26.3 Å². The van der Waals surface area contributed by atoms with Crippen LogP contribution in [0.1, 0.15) is 65.1 Å². The maximum absolute atomic E-state index is 13.0. The Labute approximate surface area is 227 Å². The van der Waals surface area contributed by atoms with Crippen molar-refractivity contribution in [2.75, 3.05) is 20.8 Å². The summed E-state index contributed by atoms with van der Waals surface area (Å²) in [6.45, 7) is 1.41. The first kappa shape index (κ1) is 28.5. The normalized spacial score (nSPS) is 14.4. The van der Waals surface area contributed by atoms with Gasteiger partial charge in [0.1, 0.15) is 5.76 Å². The van der Waals surface area contributed by atoms with E-state index in [2.05, 4.69) is 10.2 Å². The molecule has 1 aromatic heterocycles. The molecule has 1 aliphatic carbocycles. The molecule has 4 rings (SSSR count). The van der Waals surface area contributed by atoms with E-state index < -0.39 is 11.7 Å². The van der Waals surface area contributed by atoms with Crippen molar-refractivity contribution >= 4 is 5.91 Å². The molecule has 0 bridgehead atoms. The number of hydrogen-bond acceptors (Lipinski definition) is 5. The fourth-order valence-electron chi connectivity index (χ4n) is 5.02. The van der Waals surface area contributed by atoms with Gasteiger partial charge in [-0.25, -0.2) is 0 Å². The van der Waals surface area contributed by atoms with Crippen LogP contribution in [0.5, 0.6) is 11.5 Å². The summed E-state index contributed by atoms with van der Waals surface area (Å²) < 4.78 is 55.4. The summed E-state index contributed by atoms with van der Waals surface area (Å²) in [7, 11) is 3.16. The van der Waals surface area contributed by atoms with Crippen molar-refractivity contribution < 1.29 is 31.9 Å². The molecular formula is C30H35F3N2O4.